The van der Waals surface area contributed by atoms with Crippen molar-refractivity contribution in [2.45, 2.75) is 24.3 Å². The molecule has 0 bridgehead atoms. The Hall–Kier alpha value is -5.22. The first-order valence-electron chi connectivity index (χ1n) is 14.5. The number of carbonyl (C=O) groups is 2. The molecule has 0 aromatic heterocycles. The maximum absolute atomic E-state index is 14.2. The highest BCUT2D eigenvalue weighted by atomic mass is 16.5. The smallest absolute Gasteiger partial charge is 0.328 e. The number of amides is 1. The van der Waals surface area contributed by atoms with E-state index in [1.165, 1.54) is 7.11 Å². The molecule has 6 aromatic rings. The maximum atomic E-state index is 14.2. The molecule has 1 atom stereocenters. The van der Waals surface area contributed by atoms with Crippen molar-refractivity contribution in [3.8, 4) is 0 Å². The summed E-state index contributed by atoms with van der Waals surface area (Å²) in [5.74, 6) is -0.716. The summed E-state index contributed by atoms with van der Waals surface area (Å²) in [6.45, 7) is 0. The van der Waals surface area contributed by atoms with Gasteiger partial charge in [-0.25, -0.2) is 4.79 Å². The lowest BCUT2D eigenvalue weighted by Gasteiger charge is -2.36. The Labute approximate surface area is 252 Å². The van der Waals surface area contributed by atoms with Crippen LogP contribution in [0.2, 0.25) is 0 Å². The molecular weight excluding hydrogens is 530 g/mol. The van der Waals surface area contributed by atoms with Gasteiger partial charge in [0.05, 0.1) is 12.5 Å². The minimum absolute atomic E-state index is 0.106. The maximum Gasteiger partial charge on any atom is 0.328 e. The molecule has 6 rings (SSSR count). The zero-order valence-corrected chi connectivity index (χ0v) is 24.1. The summed E-state index contributed by atoms with van der Waals surface area (Å²) in [7, 11) is 1.37. The van der Waals surface area contributed by atoms with Crippen molar-refractivity contribution >= 4 is 33.4 Å². The third kappa shape index (κ3) is 5.52. The summed E-state index contributed by atoms with van der Waals surface area (Å²) < 4.78 is 5.24. The van der Waals surface area contributed by atoms with Crippen LogP contribution < -0.4 is 5.32 Å². The van der Waals surface area contributed by atoms with Crippen LogP contribution in [0.15, 0.2) is 146 Å². The van der Waals surface area contributed by atoms with Crippen molar-refractivity contribution in [1.82, 2.24) is 5.32 Å². The quantitative estimate of drug-likeness (QED) is 0.112. The Bertz CT molecular complexity index is 1720. The van der Waals surface area contributed by atoms with Crippen molar-refractivity contribution in [2.75, 3.05) is 7.11 Å². The van der Waals surface area contributed by atoms with Crippen LogP contribution >= 0.6 is 0 Å². The van der Waals surface area contributed by atoms with Gasteiger partial charge in [0.25, 0.3) is 0 Å². The first-order chi connectivity index (χ1) is 21.1. The van der Waals surface area contributed by atoms with Crippen LogP contribution in [-0.4, -0.2) is 25.0 Å². The molecule has 0 aliphatic heterocycles. The van der Waals surface area contributed by atoms with Gasteiger partial charge < -0.3 is 10.1 Å². The number of hydrogen-bond acceptors (Lipinski definition) is 3. The molecule has 0 unspecified atom stereocenters. The number of methoxy groups -OCH3 is 1. The summed E-state index contributed by atoms with van der Waals surface area (Å²) in [4.78, 5) is 27.5. The highest BCUT2D eigenvalue weighted by molar-refractivity contribution is 6.02. The second kappa shape index (κ2) is 12.3. The molecule has 0 radical (unpaired) electrons. The van der Waals surface area contributed by atoms with Crippen molar-refractivity contribution in [3.05, 3.63) is 168 Å². The summed E-state index contributed by atoms with van der Waals surface area (Å²) in [5, 5.41) is 7.37. The van der Waals surface area contributed by atoms with Crippen molar-refractivity contribution < 1.29 is 14.3 Å². The molecule has 0 spiro atoms. The van der Waals surface area contributed by atoms with Crippen molar-refractivity contribution in [2.24, 2.45) is 0 Å². The Kier molecular flexibility index (Phi) is 8.01. The molecule has 1 N–H and O–H groups in total. The van der Waals surface area contributed by atoms with Gasteiger partial charge in [-0.05, 0) is 49.9 Å². The fraction of sp³-hybridized carbons (Fsp3) is 0.128. The Balaban J connectivity index is 1.42. The molecule has 6 aromatic carbocycles. The average Bonchev–Trinajstić information content (AvgIpc) is 3.07. The van der Waals surface area contributed by atoms with Crippen LogP contribution in [0.5, 0.6) is 0 Å². The fourth-order valence-electron chi connectivity index (χ4n) is 6.33. The van der Waals surface area contributed by atoms with E-state index < -0.39 is 17.4 Å². The third-order valence-corrected chi connectivity index (χ3v) is 8.34. The number of esters is 1. The standard InChI is InChI=1S/C39H33NO3/c1-43-38(42)36(26-35-33-23-13-11-15-28(33)25-29-16-12-14-24-34(29)35)40-37(41)27-39(30-17-5-2-6-18-30,31-19-7-3-8-20-31)32-21-9-4-10-22-32/h2-25,36H,26-27H2,1H3,(H,40,41)/t36-/m1/s1. The van der Waals surface area contributed by atoms with Gasteiger partial charge >= 0.3 is 5.97 Å². The fourth-order valence-corrected chi connectivity index (χ4v) is 6.33. The lowest BCUT2D eigenvalue weighted by Crippen LogP contribution is -2.46. The minimum atomic E-state index is -0.869. The number of fused-ring (bicyclic) bond motifs is 2. The van der Waals surface area contributed by atoms with E-state index >= 15 is 0 Å². The van der Waals surface area contributed by atoms with E-state index in [9.17, 15) is 9.59 Å². The van der Waals surface area contributed by atoms with E-state index in [1.54, 1.807) is 0 Å². The van der Waals surface area contributed by atoms with Gasteiger partial charge in [-0.3, -0.25) is 4.79 Å². The monoisotopic (exact) mass is 563 g/mol. The molecule has 0 aliphatic rings. The van der Waals surface area contributed by atoms with Crippen molar-refractivity contribution in [1.29, 1.82) is 0 Å². The molecule has 1 amide bonds. The molecular formula is C39H33NO3. The molecule has 4 nitrogen and oxygen atoms in total. The predicted octanol–water partition coefficient (Wildman–Crippen LogP) is 7.62. The summed E-state index contributed by atoms with van der Waals surface area (Å²) in [6, 6.07) is 47.9. The van der Waals surface area contributed by atoms with E-state index in [0.717, 1.165) is 43.8 Å². The molecule has 0 fully saturated rings. The first kappa shape index (κ1) is 27.9. The van der Waals surface area contributed by atoms with Crippen LogP contribution in [0.25, 0.3) is 21.5 Å². The van der Waals surface area contributed by atoms with Gasteiger partial charge in [0.1, 0.15) is 6.04 Å². The van der Waals surface area contributed by atoms with Gasteiger partial charge in [0.2, 0.25) is 5.91 Å². The highest BCUT2D eigenvalue weighted by Crippen LogP contribution is 2.42. The molecule has 0 saturated carbocycles. The van der Waals surface area contributed by atoms with E-state index in [1.807, 2.05) is 78.9 Å². The topological polar surface area (TPSA) is 55.4 Å². The number of benzene rings is 6. The lowest BCUT2D eigenvalue weighted by molar-refractivity contribution is -0.145. The number of nitrogens with one attached hydrogen (secondary N) is 1. The zero-order valence-electron chi connectivity index (χ0n) is 24.1. The van der Waals surface area contributed by atoms with E-state index in [2.05, 4.69) is 72.0 Å². The Morgan fingerprint density at radius 2 is 1.05 bits per heavy atom. The summed E-state index contributed by atoms with van der Waals surface area (Å²) in [6.07, 6.45) is 0.407. The Morgan fingerprint density at radius 1 is 0.628 bits per heavy atom. The molecule has 4 heteroatoms. The zero-order chi connectivity index (χ0) is 29.6. The van der Waals surface area contributed by atoms with Crippen LogP contribution in [0.1, 0.15) is 28.7 Å². The lowest BCUT2D eigenvalue weighted by atomic mass is 9.67. The summed E-state index contributed by atoms with van der Waals surface area (Å²) in [5.41, 5.74) is 3.22. The second-order valence-electron chi connectivity index (χ2n) is 10.8. The number of carbonyl (C=O) groups excluding carboxylic acids is 2. The summed E-state index contributed by atoms with van der Waals surface area (Å²) >= 11 is 0. The molecule has 0 saturated heterocycles. The minimum Gasteiger partial charge on any atom is -0.467 e. The molecule has 0 aliphatic carbocycles. The van der Waals surface area contributed by atoms with Gasteiger partial charge in [-0.2, -0.15) is 0 Å². The van der Waals surface area contributed by atoms with Gasteiger partial charge in [0, 0.05) is 12.8 Å². The van der Waals surface area contributed by atoms with Crippen LogP contribution in [0.3, 0.4) is 0 Å². The SMILES string of the molecule is COC(=O)[C@@H](Cc1c2ccccc2cc2ccccc12)NC(=O)CC(c1ccccc1)(c1ccccc1)c1ccccc1. The van der Waals surface area contributed by atoms with Gasteiger partial charge in [-0.15, -0.1) is 0 Å². The second-order valence-corrected chi connectivity index (χ2v) is 10.8. The average molecular weight is 564 g/mol. The predicted molar refractivity (Wildman–Crippen MR) is 173 cm³/mol. The first-order valence-corrected chi connectivity index (χ1v) is 14.5. The van der Waals surface area contributed by atoms with Crippen LogP contribution in [0, 0.1) is 0 Å². The highest BCUT2D eigenvalue weighted by Gasteiger charge is 2.39. The largest absolute Gasteiger partial charge is 0.467 e. The van der Waals surface area contributed by atoms with Gasteiger partial charge in [0.15, 0.2) is 0 Å². The van der Waals surface area contributed by atoms with Crippen LogP contribution in [0.4, 0.5) is 0 Å². The molecule has 212 valence electrons. The van der Waals surface area contributed by atoms with Crippen molar-refractivity contribution in [3.63, 3.8) is 0 Å². The normalized spacial score (nSPS) is 12.1. The van der Waals surface area contributed by atoms with E-state index in [4.69, 9.17) is 4.74 Å². The van der Waals surface area contributed by atoms with E-state index in [0.29, 0.717) is 6.42 Å². The number of hydrogen-bond donors (Lipinski definition) is 1. The number of rotatable bonds is 9. The van der Waals surface area contributed by atoms with Gasteiger partial charge in [-0.1, -0.05) is 140 Å². The molecule has 43 heavy (non-hydrogen) atoms. The molecule has 0 heterocycles. The number of ether oxygens (including phenoxy) is 1. The van der Waals surface area contributed by atoms with E-state index in [-0.39, 0.29) is 12.3 Å². The third-order valence-electron chi connectivity index (χ3n) is 8.34. The van der Waals surface area contributed by atoms with Crippen LogP contribution in [-0.2, 0) is 26.2 Å². The Morgan fingerprint density at radius 3 is 1.49 bits per heavy atom.